The molecule has 1 saturated carbocycles. The molecule has 2 heteroatoms. The summed E-state index contributed by atoms with van der Waals surface area (Å²) < 4.78 is 0. The highest BCUT2D eigenvalue weighted by atomic mass is 32.2. The van der Waals surface area contributed by atoms with Gasteiger partial charge in [0, 0.05) is 11.8 Å². The van der Waals surface area contributed by atoms with Gasteiger partial charge < -0.3 is 5.32 Å². The third-order valence-electron chi connectivity index (χ3n) is 2.80. The van der Waals surface area contributed by atoms with Crippen LogP contribution < -0.4 is 5.32 Å². The Kier molecular flexibility index (Phi) is 2.42. The Morgan fingerprint density at radius 3 is 2.55 bits per heavy atom. The van der Waals surface area contributed by atoms with Gasteiger partial charge in [0.05, 0.1) is 5.37 Å². The van der Waals surface area contributed by atoms with Crippen molar-refractivity contribution in [2.45, 2.75) is 44.0 Å². The summed E-state index contributed by atoms with van der Waals surface area (Å²) >= 11 is 2.14. The molecule has 0 aromatic rings. The van der Waals surface area contributed by atoms with Crippen LogP contribution in [0.1, 0.15) is 32.6 Å². The summed E-state index contributed by atoms with van der Waals surface area (Å²) in [6.07, 6.45) is 5.88. The number of nitrogens with one attached hydrogen (secondary N) is 1. The fourth-order valence-electron chi connectivity index (χ4n) is 2.16. The highest BCUT2D eigenvalue weighted by Gasteiger charge is 2.30. The Labute approximate surface area is 73.3 Å². The molecular formula is C9H17NS. The first kappa shape index (κ1) is 7.93. The zero-order valence-corrected chi connectivity index (χ0v) is 7.99. The Balaban J connectivity index is 1.85. The van der Waals surface area contributed by atoms with E-state index in [0.29, 0.717) is 0 Å². The molecule has 0 bridgehead atoms. The van der Waals surface area contributed by atoms with Crippen LogP contribution in [0.25, 0.3) is 0 Å². The van der Waals surface area contributed by atoms with Crippen LogP contribution in [0.2, 0.25) is 0 Å². The molecule has 2 fully saturated rings. The van der Waals surface area contributed by atoms with E-state index in [4.69, 9.17) is 0 Å². The minimum atomic E-state index is 0.755. The first-order valence-corrected chi connectivity index (χ1v) is 5.79. The zero-order chi connectivity index (χ0) is 7.68. The fraction of sp³-hybridized carbons (Fsp3) is 1.00. The monoisotopic (exact) mass is 171 g/mol. The van der Waals surface area contributed by atoms with Crippen LogP contribution in [0.15, 0.2) is 0 Å². The first-order chi connectivity index (χ1) is 5.36. The summed E-state index contributed by atoms with van der Waals surface area (Å²) in [7, 11) is 0. The minimum Gasteiger partial charge on any atom is -0.302 e. The quantitative estimate of drug-likeness (QED) is 0.649. The predicted molar refractivity (Wildman–Crippen MR) is 50.8 cm³/mol. The molecular weight excluding hydrogens is 154 g/mol. The summed E-state index contributed by atoms with van der Waals surface area (Å²) in [5.74, 6) is 2.31. The molecule has 1 nitrogen and oxygen atoms in total. The SMILES string of the molecule is CC1CSC(C2CCCC2)N1. The average Bonchev–Trinajstić information content (AvgIpc) is 2.55. The summed E-state index contributed by atoms with van der Waals surface area (Å²) in [5, 5.41) is 4.46. The van der Waals surface area contributed by atoms with Crippen molar-refractivity contribution >= 4 is 11.8 Å². The summed E-state index contributed by atoms with van der Waals surface area (Å²) in [6, 6.07) is 0.755. The van der Waals surface area contributed by atoms with Crippen molar-refractivity contribution in [3.8, 4) is 0 Å². The highest BCUT2D eigenvalue weighted by molar-refractivity contribution is 8.00. The maximum atomic E-state index is 3.66. The van der Waals surface area contributed by atoms with E-state index in [2.05, 4.69) is 24.0 Å². The summed E-state index contributed by atoms with van der Waals surface area (Å²) in [6.45, 7) is 2.29. The number of hydrogen-bond donors (Lipinski definition) is 1. The van der Waals surface area contributed by atoms with E-state index < -0.39 is 0 Å². The van der Waals surface area contributed by atoms with Gasteiger partial charge in [-0.05, 0) is 25.7 Å². The second kappa shape index (κ2) is 3.36. The van der Waals surface area contributed by atoms with E-state index in [1.807, 2.05) is 0 Å². The Hall–Kier alpha value is 0.310. The van der Waals surface area contributed by atoms with Gasteiger partial charge >= 0.3 is 0 Å². The molecule has 2 rings (SSSR count). The van der Waals surface area contributed by atoms with E-state index in [9.17, 15) is 0 Å². The molecule has 1 aliphatic carbocycles. The molecule has 0 amide bonds. The molecule has 11 heavy (non-hydrogen) atoms. The van der Waals surface area contributed by atoms with E-state index >= 15 is 0 Å². The second-order valence-corrected chi connectivity index (χ2v) is 5.04. The van der Waals surface area contributed by atoms with Crippen molar-refractivity contribution in [2.24, 2.45) is 5.92 Å². The van der Waals surface area contributed by atoms with Gasteiger partial charge in [-0.3, -0.25) is 0 Å². The zero-order valence-electron chi connectivity index (χ0n) is 7.18. The topological polar surface area (TPSA) is 12.0 Å². The fourth-order valence-corrected chi connectivity index (χ4v) is 3.62. The maximum Gasteiger partial charge on any atom is 0.0563 e. The van der Waals surface area contributed by atoms with Gasteiger partial charge in [0.25, 0.3) is 0 Å². The van der Waals surface area contributed by atoms with Crippen molar-refractivity contribution in [2.75, 3.05) is 5.75 Å². The largest absolute Gasteiger partial charge is 0.302 e. The lowest BCUT2D eigenvalue weighted by molar-refractivity contribution is 0.448. The molecule has 0 aromatic heterocycles. The molecule has 1 N–H and O–H groups in total. The molecule has 64 valence electrons. The molecule has 2 aliphatic rings. The van der Waals surface area contributed by atoms with Crippen LogP contribution in [-0.4, -0.2) is 17.2 Å². The normalized spacial score (nSPS) is 40.1. The van der Waals surface area contributed by atoms with Crippen LogP contribution in [0.3, 0.4) is 0 Å². The molecule has 0 aromatic carbocycles. The predicted octanol–water partition coefficient (Wildman–Crippen LogP) is 2.23. The summed E-state index contributed by atoms with van der Waals surface area (Å²) in [4.78, 5) is 0. The van der Waals surface area contributed by atoms with Gasteiger partial charge in [-0.25, -0.2) is 0 Å². The lowest BCUT2D eigenvalue weighted by atomic mass is 10.1. The molecule has 1 aliphatic heterocycles. The van der Waals surface area contributed by atoms with Crippen LogP contribution in [0.5, 0.6) is 0 Å². The van der Waals surface area contributed by atoms with Crippen molar-refractivity contribution < 1.29 is 0 Å². The van der Waals surface area contributed by atoms with Crippen LogP contribution in [0.4, 0.5) is 0 Å². The smallest absolute Gasteiger partial charge is 0.0563 e. The molecule has 0 radical (unpaired) electrons. The van der Waals surface area contributed by atoms with E-state index in [1.54, 1.807) is 0 Å². The van der Waals surface area contributed by atoms with Gasteiger partial charge in [-0.15, -0.1) is 11.8 Å². The average molecular weight is 171 g/mol. The molecule has 0 spiro atoms. The van der Waals surface area contributed by atoms with Crippen LogP contribution in [-0.2, 0) is 0 Å². The van der Waals surface area contributed by atoms with Crippen molar-refractivity contribution in [1.82, 2.24) is 5.32 Å². The van der Waals surface area contributed by atoms with Gasteiger partial charge in [0.2, 0.25) is 0 Å². The Bertz CT molecular complexity index is 132. The van der Waals surface area contributed by atoms with Crippen molar-refractivity contribution in [1.29, 1.82) is 0 Å². The van der Waals surface area contributed by atoms with Crippen molar-refractivity contribution in [3.05, 3.63) is 0 Å². The van der Waals surface area contributed by atoms with E-state index in [1.165, 1.54) is 31.4 Å². The van der Waals surface area contributed by atoms with Gasteiger partial charge in [0.15, 0.2) is 0 Å². The van der Waals surface area contributed by atoms with Gasteiger partial charge in [-0.2, -0.15) is 0 Å². The third kappa shape index (κ3) is 1.73. The molecule has 2 atom stereocenters. The first-order valence-electron chi connectivity index (χ1n) is 4.74. The second-order valence-electron chi connectivity index (χ2n) is 3.87. The minimum absolute atomic E-state index is 0.755. The number of rotatable bonds is 1. The Morgan fingerprint density at radius 1 is 1.27 bits per heavy atom. The molecule has 1 saturated heterocycles. The summed E-state index contributed by atoms with van der Waals surface area (Å²) in [5.41, 5.74) is 0. The van der Waals surface area contributed by atoms with Crippen molar-refractivity contribution in [3.63, 3.8) is 0 Å². The van der Waals surface area contributed by atoms with E-state index in [-0.39, 0.29) is 0 Å². The number of thioether (sulfide) groups is 1. The number of hydrogen-bond acceptors (Lipinski definition) is 2. The van der Waals surface area contributed by atoms with Gasteiger partial charge in [-0.1, -0.05) is 12.8 Å². The molecule has 2 unspecified atom stereocenters. The Morgan fingerprint density at radius 2 is 2.00 bits per heavy atom. The lowest BCUT2D eigenvalue weighted by Gasteiger charge is -2.17. The lowest BCUT2D eigenvalue weighted by Crippen LogP contribution is -2.31. The van der Waals surface area contributed by atoms with Gasteiger partial charge in [0.1, 0.15) is 0 Å². The third-order valence-corrected chi connectivity index (χ3v) is 4.38. The standard InChI is InChI=1S/C9H17NS/c1-7-6-11-9(10-7)8-4-2-3-5-8/h7-10H,2-6H2,1H3. The van der Waals surface area contributed by atoms with Crippen LogP contribution >= 0.6 is 11.8 Å². The molecule has 1 heterocycles. The highest BCUT2D eigenvalue weighted by Crippen LogP contribution is 2.35. The maximum absolute atomic E-state index is 3.66. The van der Waals surface area contributed by atoms with E-state index in [0.717, 1.165) is 17.3 Å². The van der Waals surface area contributed by atoms with Crippen LogP contribution in [0, 0.1) is 5.92 Å².